The van der Waals surface area contributed by atoms with Crippen molar-refractivity contribution >= 4 is 29.3 Å². The van der Waals surface area contributed by atoms with Gasteiger partial charge in [-0.3, -0.25) is 9.88 Å². The number of benzene rings is 1. The molecule has 0 radical (unpaired) electrons. The molecule has 0 saturated carbocycles. The number of halogens is 1. The van der Waals surface area contributed by atoms with Crippen molar-refractivity contribution < 1.29 is 4.79 Å². The van der Waals surface area contributed by atoms with E-state index in [2.05, 4.69) is 51.0 Å². The van der Waals surface area contributed by atoms with Crippen LogP contribution in [0.15, 0.2) is 49.1 Å². The van der Waals surface area contributed by atoms with Gasteiger partial charge in [-0.25, -0.2) is 9.78 Å². The highest BCUT2D eigenvalue weighted by Crippen LogP contribution is 2.44. The van der Waals surface area contributed by atoms with Gasteiger partial charge in [0.25, 0.3) is 0 Å². The number of amides is 2. The number of pyridine rings is 1. The number of piperazine rings is 1. The van der Waals surface area contributed by atoms with Crippen LogP contribution in [0.25, 0.3) is 11.6 Å². The Morgan fingerprint density at radius 2 is 1.92 bits per heavy atom. The molecule has 0 spiro atoms. The predicted molar refractivity (Wildman–Crippen MR) is 148 cm³/mol. The van der Waals surface area contributed by atoms with Gasteiger partial charge in [-0.1, -0.05) is 30.7 Å². The van der Waals surface area contributed by atoms with Crippen LogP contribution in [0, 0.1) is 0 Å². The van der Waals surface area contributed by atoms with E-state index in [0.29, 0.717) is 18.1 Å². The second-order valence-corrected chi connectivity index (χ2v) is 11.5. The number of carbonyl (C=O) groups is 1. The Labute approximate surface area is 224 Å². The first kappa shape index (κ1) is 25.5. The van der Waals surface area contributed by atoms with Crippen molar-refractivity contribution in [2.24, 2.45) is 7.05 Å². The fourth-order valence-corrected chi connectivity index (χ4v) is 5.62. The van der Waals surface area contributed by atoms with Crippen molar-refractivity contribution in [3.05, 3.63) is 82.2 Å². The van der Waals surface area contributed by atoms with E-state index >= 15 is 0 Å². The van der Waals surface area contributed by atoms with Crippen LogP contribution < -0.4 is 5.32 Å². The molecule has 3 heterocycles. The number of carbonyl (C=O) groups excluding carboxylic acids is 1. The summed E-state index contributed by atoms with van der Waals surface area (Å²) < 4.78 is 2.07. The van der Waals surface area contributed by atoms with Crippen molar-refractivity contribution in [1.82, 2.24) is 29.7 Å². The minimum Gasteiger partial charge on any atom is -0.337 e. The van der Waals surface area contributed by atoms with E-state index < -0.39 is 0 Å². The van der Waals surface area contributed by atoms with Gasteiger partial charge >= 0.3 is 6.03 Å². The molecule has 1 saturated heterocycles. The lowest BCUT2D eigenvalue weighted by atomic mass is 9.87. The van der Waals surface area contributed by atoms with E-state index in [4.69, 9.17) is 16.6 Å². The molecule has 2 aromatic heterocycles. The van der Waals surface area contributed by atoms with Gasteiger partial charge in [0.15, 0.2) is 0 Å². The minimum absolute atomic E-state index is 0.00678. The minimum atomic E-state index is -0.261. The summed E-state index contributed by atoms with van der Waals surface area (Å²) >= 11 is 6.58. The lowest BCUT2D eigenvalue weighted by molar-refractivity contribution is 0.115. The molecule has 194 valence electrons. The number of hydrogen-bond acceptors (Lipinski definition) is 4. The van der Waals surface area contributed by atoms with E-state index in [0.717, 1.165) is 35.6 Å². The molecule has 2 aliphatic rings. The Hall–Kier alpha value is -3.16. The molecule has 3 aromatic rings. The first-order valence-electron chi connectivity index (χ1n) is 12.9. The Kier molecular flexibility index (Phi) is 6.86. The lowest BCUT2D eigenvalue weighted by Crippen LogP contribution is -2.55. The van der Waals surface area contributed by atoms with Gasteiger partial charge in [0.1, 0.15) is 0 Å². The highest BCUT2D eigenvalue weighted by Gasteiger charge is 2.35. The van der Waals surface area contributed by atoms with Gasteiger partial charge in [-0.15, -0.1) is 0 Å². The molecule has 37 heavy (non-hydrogen) atoms. The molecular weight excluding hydrogens is 484 g/mol. The summed E-state index contributed by atoms with van der Waals surface area (Å²) in [7, 11) is 2.03. The van der Waals surface area contributed by atoms with E-state index in [9.17, 15) is 4.79 Å². The number of fused-ring (bicyclic) bond motifs is 2. The number of imidazole rings is 1. The van der Waals surface area contributed by atoms with Crippen LogP contribution >= 0.6 is 11.6 Å². The molecule has 8 heteroatoms. The molecule has 2 atom stereocenters. The zero-order chi connectivity index (χ0) is 26.3. The van der Waals surface area contributed by atoms with Crippen molar-refractivity contribution in [2.45, 2.75) is 45.2 Å². The van der Waals surface area contributed by atoms with Gasteiger partial charge < -0.3 is 14.8 Å². The smallest absolute Gasteiger partial charge is 0.317 e. The third-order valence-electron chi connectivity index (χ3n) is 7.27. The standard InChI is InChI=1S/C29H35ClN6O/c1-19(25-17-31-18-34(25)5)23-15-20-7-6-10-32-26(20)27(22-9-8-21(30)16-24(22)23)35-11-13-36(14-12-35)28(37)33-29(2,3)4/h6-10,15-19,27H,11-14H2,1-5H3,(H,33,37)/t19-,27+/m1/s1. The summed E-state index contributed by atoms with van der Waals surface area (Å²) in [5, 5.41) is 3.80. The summed E-state index contributed by atoms with van der Waals surface area (Å²) in [6.07, 6.45) is 7.92. The maximum Gasteiger partial charge on any atom is 0.317 e. The molecule has 5 rings (SSSR count). The zero-order valence-corrected chi connectivity index (χ0v) is 23.0. The number of rotatable bonds is 3. The summed E-state index contributed by atoms with van der Waals surface area (Å²) in [6.45, 7) is 11.1. The second kappa shape index (κ2) is 9.95. The number of aryl methyl sites for hydroxylation is 1. The largest absolute Gasteiger partial charge is 0.337 e. The SMILES string of the molecule is C[C@H](C1=Cc2cccnc2[C@@H](N2CCN(C(=O)NC(C)(C)C)CC2)c2ccc(Cl)cc21)c1cncn1C. The van der Waals surface area contributed by atoms with Crippen LogP contribution in [-0.2, 0) is 7.05 Å². The highest BCUT2D eigenvalue weighted by molar-refractivity contribution is 6.30. The Morgan fingerprint density at radius 3 is 2.59 bits per heavy atom. The predicted octanol–water partition coefficient (Wildman–Crippen LogP) is 5.34. The normalized spacial score (nSPS) is 18.9. The van der Waals surface area contributed by atoms with Gasteiger partial charge in [-0.2, -0.15) is 0 Å². The topological polar surface area (TPSA) is 66.3 Å². The molecule has 0 unspecified atom stereocenters. The zero-order valence-electron chi connectivity index (χ0n) is 22.2. The number of nitrogens with zero attached hydrogens (tertiary/aromatic N) is 5. The maximum absolute atomic E-state index is 12.8. The van der Waals surface area contributed by atoms with E-state index in [1.165, 1.54) is 11.1 Å². The lowest BCUT2D eigenvalue weighted by Gasteiger charge is -2.40. The number of hydrogen-bond donors (Lipinski definition) is 1. The first-order valence-corrected chi connectivity index (χ1v) is 13.2. The van der Waals surface area contributed by atoms with E-state index in [1.807, 2.05) is 63.6 Å². The third-order valence-corrected chi connectivity index (χ3v) is 7.51. The molecule has 1 aromatic carbocycles. The molecule has 1 aliphatic carbocycles. The summed E-state index contributed by atoms with van der Waals surface area (Å²) in [5.41, 5.74) is 6.54. The molecular formula is C29H35ClN6O. The van der Waals surface area contributed by atoms with Crippen LogP contribution in [0.3, 0.4) is 0 Å². The highest BCUT2D eigenvalue weighted by atomic mass is 35.5. The monoisotopic (exact) mass is 518 g/mol. The first-order chi connectivity index (χ1) is 17.6. The van der Waals surface area contributed by atoms with Gasteiger partial charge in [0.05, 0.1) is 18.1 Å². The fraction of sp³-hybridized carbons (Fsp3) is 0.414. The van der Waals surface area contributed by atoms with E-state index in [-0.39, 0.29) is 23.5 Å². The second-order valence-electron chi connectivity index (χ2n) is 11.1. The van der Waals surface area contributed by atoms with Crippen molar-refractivity contribution in [3.63, 3.8) is 0 Å². The average Bonchev–Trinajstić information content (AvgIpc) is 3.23. The summed E-state index contributed by atoms with van der Waals surface area (Å²) in [5.74, 6) is 0.106. The molecule has 7 nitrogen and oxygen atoms in total. The Balaban J connectivity index is 1.53. The quantitative estimate of drug-likeness (QED) is 0.508. The van der Waals surface area contributed by atoms with Crippen molar-refractivity contribution in [1.29, 1.82) is 0 Å². The molecule has 0 bridgehead atoms. The number of allylic oxidation sites excluding steroid dienone is 1. The molecule has 1 N–H and O–H groups in total. The third kappa shape index (κ3) is 5.15. The van der Waals surface area contributed by atoms with Gasteiger partial charge in [0.2, 0.25) is 0 Å². The van der Waals surface area contributed by atoms with Crippen LogP contribution in [0.1, 0.15) is 67.7 Å². The number of urea groups is 1. The summed E-state index contributed by atoms with van der Waals surface area (Å²) in [6, 6.07) is 10.3. The Morgan fingerprint density at radius 1 is 1.16 bits per heavy atom. The van der Waals surface area contributed by atoms with Crippen LogP contribution in [0.4, 0.5) is 4.79 Å². The molecule has 1 aliphatic heterocycles. The van der Waals surface area contributed by atoms with Crippen LogP contribution in [0.5, 0.6) is 0 Å². The van der Waals surface area contributed by atoms with Crippen molar-refractivity contribution in [2.75, 3.05) is 26.2 Å². The van der Waals surface area contributed by atoms with Crippen LogP contribution in [-0.4, -0.2) is 62.1 Å². The summed E-state index contributed by atoms with van der Waals surface area (Å²) in [4.78, 5) is 26.4. The molecule has 2 amide bonds. The number of nitrogens with one attached hydrogen (secondary N) is 1. The van der Waals surface area contributed by atoms with Crippen molar-refractivity contribution in [3.8, 4) is 0 Å². The van der Waals surface area contributed by atoms with Gasteiger partial charge in [-0.05, 0) is 67.3 Å². The average molecular weight is 519 g/mol. The van der Waals surface area contributed by atoms with Crippen LogP contribution in [0.2, 0.25) is 5.02 Å². The molecule has 1 fully saturated rings. The Bertz CT molecular complexity index is 1330. The van der Waals surface area contributed by atoms with E-state index in [1.54, 1.807) is 0 Å². The van der Waals surface area contributed by atoms with Gasteiger partial charge in [0, 0.05) is 67.8 Å². The maximum atomic E-state index is 12.8. The fourth-order valence-electron chi connectivity index (χ4n) is 5.44. The number of aromatic nitrogens is 3.